The molecular formula is C21H22ClN3O2S. The Labute approximate surface area is 173 Å². The second-order valence-corrected chi connectivity index (χ2v) is 8.01. The van der Waals surface area contributed by atoms with Gasteiger partial charge in [0.2, 0.25) is 11.8 Å². The van der Waals surface area contributed by atoms with Crippen LogP contribution < -0.4 is 10.6 Å². The number of carbonyl (C=O) groups excluding carboxylic acids is 2. The molecule has 0 aliphatic heterocycles. The fourth-order valence-corrected chi connectivity index (χ4v) is 3.87. The lowest BCUT2D eigenvalue weighted by Crippen LogP contribution is -2.47. The van der Waals surface area contributed by atoms with Crippen molar-refractivity contribution in [3.8, 4) is 0 Å². The SMILES string of the molecule is CC(=O)N[C@@H](Cc1c[nH]c2ccccc12)C(=O)NCCSc1ccc(Cl)cc1. The van der Waals surface area contributed by atoms with Gasteiger partial charge in [-0.3, -0.25) is 9.59 Å². The highest BCUT2D eigenvalue weighted by molar-refractivity contribution is 7.99. The molecular weight excluding hydrogens is 394 g/mol. The van der Waals surface area contributed by atoms with Crippen molar-refractivity contribution < 1.29 is 9.59 Å². The molecule has 0 saturated carbocycles. The summed E-state index contributed by atoms with van der Waals surface area (Å²) in [5, 5.41) is 7.44. The minimum Gasteiger partial charge on any atom is -0.361 e. The van der Waals surface area contributed by atoms with Gasteiger partial charge in [-0.05, 0) is 35.9 Å². The zero-order chi connectivity index (χ0) is 19.9. The van der Waals surface area contributed by atoms with E-state index >= 15 is 0 Å². The van der Waals surface area contributed by atoms with E-state index in [1.54, 1.807) is 11.8 Å². The average Bonchev–Trinajstić information content (AvgIpc) is 3.08. The maximum Gasteiger partial charge on any atom is 0.242 e. The molecule has 28 heavy (non-hydrogen) atoms. The van der Waals surface area contributed by atoms with Crippen molar-refractivity contribution in [3.05, 3.63) is 65.3 Å². The van der Waals surface area contributed by atoms with Crippen molar-refractivity contribution in [2.24, 2.45) is 0 Å². The maximum absolute atomic E-state index is 12.6. The molecule has 146 valence electrons. The van der Waals surface area contributed by atoms with E-state index in [1.165, 1.54) is 6.92 Å². The third kappa shape index (κ3) is 5.53. The summed E-state index contributed by atoms with van der Waals surface area (Å²) < 4.78 is 0. The molecule has 0 saturated heterocycles. The van der Waals surface area contributed by atoms with E-state index in [1.807, 2.05) is 54.7 Å². The number of hydrogen-bond acceptors (Lipinski definition) is 3. The minimum atomic E-state index is -0.614. The first-order chi connectivity index (χ1) is 13.5. The zero-order valence-corrected chi connectivity index (χ0v) is 17.1. The van der Waals surface area contributed by atoms with E-state index in [9.17, 15) is 9.59 Å². The number of halogens is 1. The molecule has 3 aromatic rings. The van der Waals surface area contributed by atoms with Gasteiger partial charge < -0.3 is 15.6 Å². The Kier molecular flexibility index (Phi) is 7.01. The van der Waals surface area contributed by atoms with E-state index in [2.05, 4.69) is 15.6 Å². The predicted octanol–water partition coefficient (Wildman–Crippen LogP) is 3.78. The minimum absolute atomic E-state index is 0.183. The topological polar surface area (TPSA) is 74.0 Å². The Morgan fingerprint density at radius 3 is 2.64 bits per heavy atom. The van der Waals surface area contributed by atoms with E-state index in [4.69, 9.17) is 11.6 Å². The van der Waals surface area contributed by atoms with Gasteiger partial charge in [0.15, 0.2) is 0 Å². The van der Waals surface area contributed by atoms with Crippen molar-refractivity contribution in [2.45, 2.75) is 24.3 Å². The number of fused-ring (bicyclic) bond motifs is 1. The van der Waals surface area contributed by atoms with Crippen LogP contribution in [0.15, 0.2) is 59.6 Å². The Morgan fingerprint density at radius 2 is 1.89 bits per heavy atom. The lowest BCUT2D eigenvalue weighted by atomic mass is 10.0. The largest absolute Gasteiger partial charge is 0.361 e. The van der Waals surface area contributed by atoms with Crippen LogP contribution >= 0.6 is 23.4 Å². The molecule has 0 aliphatic rings. The molecule has 0 unspecified atom stereocenters. The van der Waals surface area contributed by atoms with Gasteiger partial charge in [-0.15, -0.1) is 11.8 Å². The number of para-hydroxylation sites is 1. The summed E-state index contributed by atoms with van der Waals surface area (Å²) >= 11 is 7.52. The Hall–Kier alpha value is -2.44. The highest BCUT2D eigenvalue weighted by Gasteiger charge is 2.21. The van der Waals surface area contributed by atoms with Crippen LogP contribution in [0.2, 0.25) is 5.02 Å². The third-order valence-corrected chi connectivity index (χ3v) is 5.54. The molecule has 2 amide bonds. The van der Waals surface area contributed by atoms with Crippen LogP contribution in [0.3, 0.4) is 0 Å². The van der Waals surface area contributed by atoms with Gasteiger partial charge in [-0.2, -0.15) is 0 Å². The number of aromatic nitrogens is 1. The van der Waals surface area contributed by atoms with Crippen LogP contribution in [0.4, 0.5) is 0 Å². The normalized spacial score (nSPS) is 11.9. The lowest BCUT2D eigenvalue weighted by Gasteiger charge is -2.17. The zero-order valence-electron chi connectivity index (χ0n) is 15.5. The summed E-state index contributed by atoms with van der Waals surface area (Å²) in [7, 11) is 0. The molecule has 0 spiro atoms. The van der Waals surface area contributed by atoms with Crippen LogP contribution in [-0.2, 0) is 16.0 Å². The van der Waals surface area contributed by atoms with Crippen molar-refractivity contribution >= 4 is 46.1 Å². The molecule has 0 radical (unpaired) electrons. The van der Waals surface area contributed by atoms with Crippen molar-refractivity contribution in [2.75, 3.05) is 12.3 Å². The summed E-state index contributed by atoms with van der Waals surface area (Å²) in [4.78, 5) is 28.5. The van der Waals surface area contributed by atoms with Crippen LogP contribution in [0.5, 0.6) is 0 Å². The fraction of sp³-hybridized carbons (Fsp3) is 0.238. The molecule has 0 fully saturated rings. The second kappa shape index (κ2) is 9.66. The highest BCUT2D eigenvalue weighted by atomic mass is 35.5. The quantitative estimate of drug-likeness (QED) is 0.387. The number of amides is 2. The van der Waals surface area contributed by atoms with Crippen LogP contribution in [0.25, 0.3) is 10.9 Å². The smallest absolute Gasteiger partial charge is 0.242 e. The summed E-state index contributed by atoms with van der Waals surface area (Å²) in [6.07, 6.45) is 2.32. The van der Waals surface area contributed by atoms with Gasteiger partial charge in [0, 0.05) is 52.7 Å². The van der Waals surface area contributed by atoms with E-state index < -0.39 is 6.04 Å². The molecule has 1 atom stereocenters. The monoisotopic (exact) mass is 415 g/mol. The van der Waals surface area contributed by atoms with Crippen LogP contribution in [-0.4, -0.2) is 35.1 Å². The molecule has 1 aromatic heterocycles. The molecule has 3 rings (SSSR count). The number of nitrogens with one attached hydrogen (secondary N) is 3. The van der Waals surface area contributed by atoms with E-state index in [-0.39, 0.29) is 11.8 Å². The van der Waals surface area contributed by atoms with Crippen LogP contribution in [0.1, 0.15) is 12.5 Å². The Balaban J connectivity index is 1.57. The predicted molar refractivity (Wildman–Crippen MR) is 115 cm³/mol. The first-order valence-electron chi connectivity index (χ1n) is 9.01. The average molecular weight is 416 g/mol. The van der Waals surface area contributed by atoms with Gasteiger partial charge in [0.05, 0.1) is 0 Å². The number of carbonyl (C=O) groups is 2. The summed E-state index contributed by atoms with van der Waals surface area (Å²) in [6.45, 7) is 1.93. The Bertz CT molecular complexity index is 956. The van der Waals surface area contributed by atoms with Crippen molar-refractivity contribution in [3.63, 3.8) is 0 Å². The molecule has 1 heterocycles. The Morgan fingerprint density at radius 1 is 1.14 bits per heavy atom. The number of hydrogen-bond donors (Lipinski definition) is 3. The summed E-state index contributed by atoms with van der Waals surface area (Å²) in [5.74, 6) is 0.320. The number of H-pyrrole nitrogens is 1. The summed E-state index contributed by atoms with van der Waals surface area (Å²) in [6, 6.07) is 14.9. The van der Waals surface area contributed by atoms with Crippen LogP contribution in [0, 0.1) is 0 Å². The maximum atomic E-state index is 12.6. The number of thioether (sulfide) groups is 1. The fourth-order valence-electron chi connectivity index (χ4n) is 2.97. The van der Waals surface area contributed by atoms with Gasteiger partial charge in [0.1, 0.15) is 6.04 Å². The van der Waals surface area contributed by atoms with Gasteiger partial charge in [0.25, 0.3) is 0 Å². The molecule has 3 N–H and O–H groups in total. The number of benzene rings is 2. The van der Waals surface area contributed by atoms with Gasteiger partial charge >= 0.3 is 0 Å². The highest BCUT2D eigenvalue weighted by Crippen LogP contribution is 2.20. The molecule has 0 aliphatic carbocycles. The van der Waals surface area contributed by atoms with E-state index in [0.717, 1.165) is 27.1 Å². The third-order valence-electron chi connectivity index (χ3n) is 4.28. The molecule has 5 nitrogen and oxygen atoms in total. The standard InChI is InChI=1S/C21H22ClN3O2S/c1-14(26)25-20(12-15-13-24-19-5-3-2-4-18(15)19)21(27)23-10-11-28-17-8-6-16(22)7-9-17/h2-9,13,20,24H,10-12H2,1H3,(H,23,27)(H,25,26)/t20-/m0/s1. The molecule has 2 aromatic carbocycles. The number of rotatable bonds is 8. The second-order valence-electron chi connectivity index (χ2n) is 6.41. The van der Waals surface area contributed by atoms with Crippen molar-refractivity contribution in [1.82, 2.24) is 15.6 Å². The first kappa shape index (κ1) is 20.3. The van der Waals surface area contributed by atoms with Gasteiger partial charge in [-0.1, -0.05) is 29.8 Å². The number of aromatic amines is 1. The molecule has 7 heteroatoms. The van der Waals surface area contributed by atoms with Gasteiger partial charge in [-0.25, -0.2) is 0 Å². The lowest BCUT2D eigenvalue weighted by molar-refractivity contribution is -0.127. The first-order valence-corrected chi connectivity index (χ1v) is 10.4. The molecule has 0 bridgehead atoms. The summed E-state index contributed by atoms with van der Waals surface area (Å²) in [5.41, 5.74) is 2.01. The van der Waals surface area contributed by atoms with Crippen molar-refractivity contribution in [1.29, 1.82) is 0 Å². The van der Waals surface area contributed by atoms with E-state index in [0.29, 0.717) is 18.0 Å².